The first-order valence-electron chi connectivity index (χ1n) is 3.96. The highest BCUT2D eigenvalue weighted by atomic mass is 79.9. The first-order valence-corrected chi connectivity index (χ1v) is 4.76. The van der Waals surface area contributed by atoms with Crippen molar-refractivity contribution in [3.8, 4) is 0 Å². The molecule has 0 amide bonds. The van der Waals surface area contributed by atoms with Crippen LogP contribution in [-0.4, -0.2) is 16.1 Å². The van der Waals surface area contributed by atoms with Gasteiger partial charge in [-0.1, -0.05) is 18.2 Å². The van der Waals surface area contributed by atoms with E-state index in [1.807, 2.05) is 24.3 Å². The molecule has 0 unspecified atom stereocenters. The number of aromatic carboxylic acids is 1. The van der Waals surface area contributed by atoms with E-state index >= 15 is 0 Å². The highest BCUT2D eigenvalue weighted by molar-refractivity contribution is 9.10. The van der Waals surface area contributed by atoms with Crippen molar-refractivity contribution in [1.29, 1.82) is 0 Å². The topological polar surface area (TPSA) is 50.2 Å². The SMILES string of the molecule is O=C(O)c1cnc2ccccc2c1Br. The fraction of sp³-hybridized carbons (Fsp3) is 0. The van der Waals surface area contributed by atoms with Crippen molar-refractivity contribution >= 4 is 32.8 Å². The third-order valence-corrected chi connectivity index (χ3v) is 2.79. The number of carboxylic acids is 1. The molecule has 0 saturated heterocycles. The molecule has 0 fully saturated rings. The van der Waals surface area contributed by atoms with E-state index in [4.69, 9.17) is 5.11 Å². The van der Waals surface area contributed by atoms with Crippen LogP contribution < -0.4 is 0 Å². The average molecular weight is 252 g/mol. The van der Waals surface area contributed by atoms with Gasteiger partial charge in [0.05, 0.1) is 11.1 Å². The molecule has 0 aliphatic carbocycles. The molecule has 1 N–H and O–H groups in total. The molecule has 0 aliphatic rings. The lowest BCUT2D eigenvalue weighted by Crippen LogP contribution is -1.99. The van der Waals surface area contributed by atoms with Gasteiger partial charge in [0.25, 0.3) is 0 Å². The van der Waals surface area contributed by atoms with Crippen LogP contribution in [-0.2, 0) is 0 Å². The second-order valence-electron chi connectivity index (χ2n) is 2.81. The minimum absolute atomic E-state index is 0.184. The Kier molecular flexibility index (Phi) is 2.21. The van der Waals surface area contributed by atoms with E-state index in [2.05, 4.69) is 20.9 Å². The van der Waals surface area contributed by atoms with Crippen molar-refractivity contribution in [3.63, 3.8) is 0 Å². The summed E-state index contributed by atoms with van der Waals surface area (Å²) in [6.45, 7) is 0. The largest absolute Gasteiger partial charge is 0.478 e. The predicted octanol–water partition coefficient (Wildman–Crippen LogP) is 2.70. The van der Waals surface area contributed by atoms with Gasteiger partial charge in [-0.05, 0) is 22.0 Å². The third kappa shape index (κ3) is 1.37. The van der Waals surface area contributed by atoms with Gasteiger partial charge in [0.15, 0.2) is 0 Å². The number of fused-ring (bicyclic) bond motifs is 1. The van der Waals surface area contributed by atoms with Crippen LogP contribution >= 0.6 is 15.9 Å². The molecule has 0 aliphatic heterocycles. The summed E-state index contributed by atoms with van der Waals surface area (Å²) in [4.78, 5) is 14.8. The van der Waals surface area contributed by atoms with Crippen molar-refractivity contribution in [1.82, 2.24) is 4.98 Å². The second kappa shape index (κ2) is 3.38. The van der Waals surface area contributed by atoms with Gasteiger partial charge >= 0.3 is 5.97 Å². The van der Waals surface area contributed by atoms with E-state index < -0.39 is 5.97 Å². The normalized spacial score (nSPS) is 10.4. The zero-order chi connectivity index (χ0) is 10.1. The van der Waals surface area contributed by atoms with Gasteiger partial charge in [0.1, 0.15) is 0 Å². The molecule has 1 aromatic carbocycles. The van der Waals surface area contributed by atoms with Crippen LogP contribution in [0.5, 0.6) is 0 Å². The highest BCUT2D eigenvalue weighted by Gasteiger charge is 2.11. The number of carbonyl (C=O) groups is 1. The Morgan fingerprint density at radius 3 is 2.79 bits per heavy atom. The molecule has 4 heteroatoms. The smallest absolute Gasteiger partial charge is 0.338 e. The molecule has 2 rings (SSSR count). The summed E-state index contributed by atoms with van der Waals surface area (Å²) in [5, 5.41) is 9.67. The number of para-hydroxylation sites is 1. The highest BCUT2D eigenvalue weighted by Crippen LogP contribution is 2.25. The van der Waals surface area contributed by atoms with E-state index in [-0.39, 0.29) is 5.56 Å². The van der Waals surface area contributed by atoms with Crippen molar-refractivity contribution < 1.29 is 9.90 Å². The van der Waals surface area contributed by atoms with Gasteiger partial charge in [0, 0.05) is 16.1 Å². The molecular formula is C10H6BrNO2. The van der Waals surface area contributed by atoms with Gasteiger partial charge in [-0.3, -0.25) is 4.98 Å². The first kappa shape index (κ1) is 9.15. The van der Waals surface area contributed by atoms with Crippen LogP contribution in [0.25, 0.3) is 10.9 Å². The molecule has 2 aromatic rings. The van der Waals surface area contributed by atoms with Crippen molar-refractivity contribution in [2.45, 2.75) is 0 Å². The lowest BCUT2D eigenvalue weighted by molar-refractivity contribution is 0.0695. The quantitative estimate of drug-likeness (QED) is 0.848. The molecule has 14 heavy (non-hydrogen) atoms. The Bertz CT molecular complexity index is 510. The fourth-order valence-corrected chi connectivity index (χ4v) is 1.86. The Balaban J connectivity index is 2.81. The van der Waals surface area contributed by atoms with Crippen LogP contribution in [0.1, 0.15) is 10.4 Å². The van der Waals surface area contributed by atoms with Crippen LogP contribution in [0.4, 0.5) is 0 Å². The number of rotatable bonds is 1. The minimum Gasteiger partial charge on any atom is -0.478 e. The number of nitrogens with zero attached hydrogens (tertiary/aromatic N) is 1. The Morgan fingerprint density at radius 2 is 2.07 bits per heavy atom. The summed E-state index contributed by atoms with van der Waals surface area (Å²) in [6, 6.07) is 7.38. The molecule has 1 aromatic heterocycles. The molecule has 70 valence electrons. The third-order valence-electron chi connectivity index (χ3n) is 1.94. The number of aromatic nitrogens is 1. The molecule has 3 nitrogen and oxygen atoms in total. The minimum atomic E-state index is -0.977. The number of hydrogen-bond donors (Lipinski definition) is 1. The first-order chi connectivity index (χ1) is 6.70. The monoisotopic (exact) mass is 251 g/mol. The van der Waals surface area contributed by atoms with Gasteiger partial charge < -0.3 is 5.11 Å². The molecule has 0 atom stereocenters. The van der Waals surface area contributed by atoms with E-state index in [1.165, 1.54) is 6.20 Å². The van der Waals surface area contributed by atoms with Gasteiger partial charge in [-0.25, -0.2) is 4.79 Å². The van der Waals surface area contributed by atoms with Crippen molar-refractivity contribution in [2.75, 3.05) is 0 Å². The standard InChI is InChI=1S/C10H6BrNO2/c11-9-6-3-1-2-4-8(6)12-5-7(9)10(13)14/h1-5H,(H,13,14). The summed E-state index contributed by atoms with van der Waals surface area (Å²) >= 11 is 3.26. The van der Waals surface area contributed by atoms with Gasteiger partial charge in [-0.2, -0.15) is 0 Å². The van der Waals surface area contributed by atoms with Crippen molar-refractivity contribution in [2.24, 2.45) is 0 Å². The molecule has 0 radical (unpaired) electrons. The van der Waals surface area contributed by atoms with E-state index in [0.29, 0.717) is 4.47 Å². The van der Waals surface area contributed by atoms with Crippen LogP contribution in [0, 0.1) is 0 Å². The summed E-state index contributed by atoms with van der Waals surface area (Å²) in [6.07, 6.45) is 1.36. The molecule has 0 bridgehead atoms. The molecule has 0 saturated carbocycles. The summed E-state index contributed by atoms with van der Waals surface area (Å²) in [5.41, 5.74) is 0.966. The van der Waals surface area contributed by atoms with Crippen LogP contribution in [0.3, 0.4) is 0 Å². The number of carboxylic acid groups (broad SMARTS) is 1. The second-order valence-corrected chi connectivity index (χ2v) is 3.60. The Labute approximate surface area is 88.5 Å². The van der Waals surface area contributed by atoms with Crippen LogP contribution in [0.2, 0.25) is 0 Å². The molecule has 0 spiro atoms. The predicted molar refractivity (Wildman–Crippen MR) is 56.4 cm³/mol. The van der Waals surface area contributed by atoms with E-state index in [0.717, 1.165) is 10.9 Å². The lowest BCUT2D eigenvalue weighted by Gasteiger charge is -2.02. The average Bonchev–Trinajstić information content (AvgIpc) is 2.18. The fourth-order valence-electron chi connectivity index (χ4n) is 1.26. The number of hydrogen-bond acceptors (Lipinski definition) is 2. The van der Waals surface area contributed by atoms with Crippen LogP contribution in [0.15, 0.2) is 34.9 Å². The summed E-state index contributed by atoms with van der Waals surface area (Å²) < 4.78 is 0.579. The molecular weight excluding hydrogens is 246 g/mol. The van der Waals surface area contributed by atoms with Gasteiger partial charge in [0.2, 0.25) is 0 Å². The number of halogens is 1. The molecule has 1 heterocycles. The number of benzene rings is 1. The Morgan fingerprint density at radius 1 is 1.36 bits per heavy atom. The maximum Gasteiger partial charge on any atom is 0.338 e. The maximum atomic E-state index is 10.8. The summed E-state index contributed by atoms with van der Waals surface area (Å²) in [7, 11) is 0. The van der Waals surface area contributed by atoms with E-state index in [1.54, 1.807) is 0 Å². The maximum absolute atomic E-state index is 10.8. The Hall–Kier alpha value is -1.42. The van der Waals surface area contributed by atoms with E-state index in [9.17, 15) is 4.79 Å². The van der Waals surface area contributed by atoms with Crippen molar-refractivity contribution in [3.05, 3.63) is 40.5 Å². The zero-order valence-electron chi connectivity index (χ0n) is 7.07. The summed E-state index contributed by atoms with van der Waals surface area (Å²) in [5.74, 6) is -0.977. The number of pyridine rings is 1. The lowest BCUT2D eigenvalue weighted by atomic mass is 10.1. The van der Waals surface area contributed by atoms with Gasteiger partial charge in [-0.15, -0.1) is 0 Å². The zero-order valence-corrected chi connectivity index (χ0v) is 8.65.